The summed E-state index contributed by atoms with van der Waals surface area (Å²) in [4.78, 5) is 34.8. The van der Waals surface area contributed by atoms with Gasteiger partial charge in [0.05, 0.1) is 17.4 Å². The number of hydrogen-bond donors (Lipinski definition) is 2. The molecule has 4 heterocycles. The zero-order chi connectivity index (χ0) is 25.6. The highest BCUT2D eigenvalue weighted by molar-refractivity contribution is 5.92. The lowest BCUT2D eigenvalue weighted by atomic mass is 10.1. The second kappa shape index (κ2) is 9.30. The van der Waals surface area contributed by atoms with Gasteiger partial charge in [0.1, 0.15) is 16.7 Å². The minimum atomic E-state index is -0.695. The molecule has 9 nitrogen and oxygen atoms in total. The molecule has 188 valence electrons. The van der Waals surface area contributed by atoms with Crippen LogP contribution >= 0.6 is 0 Å². The maximum absolute atomic E-state index is 15.5. The number of anilines is 1. The van der Waals surface area contributed by atoms with Crippen LogP contribution in [0, 0.1) is 11.8 Å². The second-order valence-corrected chi connectivity index (χ2v) is 9.25. The van der Waals surface area contributed by atoms with E-state index in [9.17, 15) is 14.0 Å². The fraction of sp³-hybridized carbons (Fsp3) is 0.360. The molecule has 2 N–H and O–H groups in total. The molecule has 4 aromatic rings. The number of pyridine rings is 1. The van der Waals surface area contributed by atoms with Crippen LogP contribution < -0.4 is 15.8 Å². The molecule has 0 aliphatic carbocycles. The average molecular weight is 496 g/mol. The van der Waals surface area contributed by atoms with Crippen LogP contribution in [0.1, 0.15) is 41.4 Å². The summed E-state index contributed by atoms with van der Waals surface area (Å²) in [5, 5.41) is 6.76. The Hall–Kier alpha value is -3.86. The maximum atomic E-state index is 15.5. The summed E-state index contributed by atoms with van der Waals surface area (Å²) in [6, 6.07) is 6.55. The van der Waals surface area contributed by atoms with Crippen molar-refractivity contribution in [2.75, 3.05) is 38.1 Å². The van der Waals surface area contributed by atoms with Gasteiger partial charge < -0.3 is 15.2 Å². The summed E-state index contributed by atoms with van der Waals surface area (Å²) in [5.41, 5.74) is 2.34. The molecule has 0 spiro atoms. The van der Waals surface area contributed by atoms with E-state index in [4.69, 9.17) is 0 Å². The Morgan fingerprint density at radius 2 is 1.89 bits per heavy atom. The van der Waals surface area contributed by atoms with Gasteiger partial charge in [-0.15, -0.1) is 0 Å². The standard InChI is InChI=1S/C25H27F2N7O2/c1-14(2)16-12-29-34-18-6-4-15(20(26)21(18)31-25(36)22(16)34)13-32-8-10-33(11-9-32)19-7-5-17(24(35)28-3)30-23(19)27/h4-7,12,14H,8-11,13H2,1-3H3,(H,28,35)(H,31,36). The van der Waals surface area contributed by atoms with Crippen LogP contribution in [0.25, 0.3) is 16.6 Å². The van der Waals surface area contributed by atoms with E-state index in [-0.39, 0.29) is 22.7 Å². The van der Waals surface area contributed by atoms with E-state index >= 15 is 4.39 Å². The molecular formula is C25H27F2N7O2. The number of fused-ring (bicyclic) bond motifs is 3. The van der Waals surface area contributed by atoms with E-state index in [1.165, 1.54) is 17.6 Å². The second-order valence-electron chi connectivity index (χ2n) is 9.25. The van der Waals surface area contributed by atoms with E-state index < -0.39 is 17.7 Å². The molecule has 0 radical (unpaired) electrons. The number of aromatic amines is 1. The number of benzene rings is 1. The average Bonchev–Trinajstić information content (AvgIpc) is 3.33. The number of nitrogens with one attached hydrogen (secondary N) is 2. The van der Waals surface area contributed by atoms with Crippen molar-refractivity contribution in [3.63, 3.8) is 0 Å². The quantitative estimate of drug-likeness (QED) is 0.413. The molecule has 11 heteroatoms. The number of amides is 1. The van der Waals surface area contributed by atoms with Crippen LogP contribution in [0.4, 0.5) is 14.5 Å². The zero-order valence-electron chi connectivity index (χ0n) is 20.3. The predicted octanol–water partition coefficient (Wildman–Crippen LogP) is 2.65. The SMILES string of the molecule is CNC(=O)c1ccc(N2CCN(Cc3ccc4c([nH]c(=O)c5c(C(C)C)cnn54)c3F)CC2)c(F)n1. The molecule has 1 fully saturated rings. The van der Waals surface area contributed by atoms with E-state index in [0.29, 0.717) is 55.0 Å². The first-order chi connectivity index (χ1) is 17.3. The first-order valence-corrected chi connectivity index (χ1v) is 11.9. The van der Waals surface area contributed by atoms with Crippen molar-refractivity contribution < 1.29 is 13.6 Å². The van der Waals surface area contributed by atoms with Crippen molar-refractivity contribution in [3.8, 4) is 0 Å². The predicted molar refractivity (Wildman–Crippen MR) is 132 cm³/mol. The Kier molecular flexibility index (Phi) is 6.17. The van der Waals surface area contributed by atoms with E-state index in [0.717, 1.165) is 5.56 Å². The number of rotatable bonds is 5. The number of piperazine rings is 1. The molecule has 36 heavy (non-hydrogen) atoms. The van der Waals surface area contributed by atoms with Gasteiger partial charge >= 0.3 is 0 Å². The van der Waals surface area contributed by atoms with Gasteiger partial charge in [0, 0.05) is 50.9 Å². The van der Waals surface area contributed by atoms with Crippen molar-refractivity contribution >= 4 is 28.1 Å². The number of H-pyrrole nitrogens is 1. The molecule has 1 aromatic carbocycles. The molecule has 0 bridgehead atoms. The molecule has 0 saturated carbocycles. The lowest BCUT2D eigenvalue weighted by Gasteiger charge is -2.36. The third kappa shape index (κ3) is 4.09. The van der Waals surface area contributed by atoms with Gasteiger partial charge in [-0.1, -0.05) is 19.9 Å². The number of halogens is 2. The van der Waals surface area contributed by atoms with Crippen molar-refractivity contribution in [1.82, 2.24) is 29.8 Å². The topological polar surface area (TPSA) is 98.6 Å². The Labute approximate surface area is 205 Å². The first kappa shape index (κ1) is 23.9. The summed E-state index contributed by atoms with van der Waals surface area (Å²) >= 11 is 0. The van der Waals surface area contributed by atoms with Gasteiger partial charge in [-0.05, 0) is 24.1 Å². The largest absolute Gasteiger partial charge is 0.365 e. The third-order valence-corrected chi connectivity index (χ3v) is 6.70. The van der Waals surface area contributed by atoms with Gasteiger partial charge in [-0.3, -0.25) is 14.5 Å². The third-order valence-electron chi connectivity index (χ3n) is 6.70. The van der Waals surface area contributed by atoms with Gasteiger partial charge in [0.2, 0.25) is 5.95 Å². The van der Waals surface area contributed by atoms with Crippen molar-refractivity contribution in [2.45, 2.75) is 26.3 Å². The van der Waals surface area contributed by atoms with E-state index in [2.05, 4.69) is 25.3 Å². The van der Waals surface area contributed by atoms with Gasteiger partial charge in [0.15, 0.2) is 5.82 Å². The number of hydrogen-bond acceptors (Lipinski definition) is 6. The van der Waals surface area contributed by atoms with Gasteiger partial charge in [-0.2, -0.15) is 9.49 Å². The molecule has 1 aliphatic heterocycles. The molecule has 0 atom stereocenters. The molecule has 1 amide bonds. The van der Waals surface area contributed by atoms with Crippen LogP contribution in [0.5, 0.6) is 0 Å². The highest BCUT2D eigenvalue weighted by Gasteiger charge is 2.23. The van der Waals surface area contributed by atoms with E-state index in [1.54, 1.807) is 24.4 Å². The highest BCUT2D eigenvalue weighted by Crippen LogP contribution is 2.25. The Balaban J connectivity index is 1.34. The molecule has 1 aliphatic rings. The summed E-state index contributed by atoms with van der Waals surface area (Å²) in [5.74, 6) is -1.50. The van der Waals surface area contributed by atoms with Crippen LogP contribution in [0.3, 0.4) is 0 Å². The summed E-state index contributed by atoms with van der Waals surface area (Å²) in [7, 11) is 1.46. The van der Waals surface area contributed by atoms with Gasteiger partial charge in [0.25, 0.3) is 11.5 Å². The minimum Gasteiger partial charge on any atom is -0.365 e. The van der Waals surface area contributed by atoms with Crippen molar-refractivity contribution in [2.24, 2.45) is 0 Å². The summed E-state index contributed by atoms with van der Waals surface area (Å²) in [6.07, 6.45) is 1.66. The van der Waals surface area contributed by atoms with Crippen LogP contribution in [0.2, 0.25) is 0 Å². The number of carbonyl (C=O) groups is 1. The number of carbonyl (C=O) groups excluding carboxylic acids is 1. The number of aromatic nitrogens is 4. The smallest absolute Gasteiger partial charge is 0.274 e. The molecule has 1 saturated heterocycles. The normalized spacial score (nSPS) is 14.8. The Morgan fingerprint density at radius 3 is 2.56 bits per heavy atom. The Bertz CT molecular complexity index is 1520. The lowest BCUT2D eigenvalue weighted by Crippen LogP contribution is -2.46. The fourth-order valence-corrected chi connectivity index (χ4v) is 4.70. The van der Waals surface area contributed by atoms with Gasteiger partial charge in [-0.25, -0.2) is 13.9 Å². The molecule has 3 aromatic heterocycles. The molecule has 5 rings (SSSR count). The maximum Gasteiger partial charge on any atom is 0.274 e. The zero-order valence-corrected chi connectivity index (χ0v) is 20.3. The van der Waals surface area contributed by atoms with Crippen LogP contribution in [0.15, 0.2) is 35.3 Å². The van der Waals surface area contributed by atoms with Crippen LogP contribution in [-0.2, 0) is 6.54 Å². The summed E-state index contributed by atoms with van der Waals surface area (Å²) < 4.78 is 31.5. The lowest BCUT2D eigenvalue weighted by molar-refractivity contribution is 0.0957. The number of nitrogens with zero attached hydrogens (tertiary/aromatic N) is 5. The van der Waals surface area contributed by atoms with Crippen LogP contribution in [-0.4, -0.2) is 63.6 Å². The molecule has 0 unspecified atom stereocenters. The summed E-state index contributed by atoms with van der Waals surface area (Å²) in [6.45, 7) is 6.53. The minimum absolute atomic E-state index is 0.0232. The Morgan fingerprint density at radius 1 is 1.14 bits per heavy atom. The highest BCUT2D eigenvalue weighted by atomic mass is 19.1. The molecular weight excluding hydrogens is 468 g/mol. The van der Waals surface area contributed by atoms with Crippen molar-refractivity contribution in [3.05, 3.63) is 69.4 Å². The fourth-order valence-electron chi connectivity index (χ4n) is 4.70. The first-order valence-electron chi connectivity index (χ1n) is 11.9. The monoisotopic (exact) mass is 495 g/mol. The van der Waals surface area contributed by atoms with E-state index in [1.807, 2.05) is 18.7 Å². The van der Waals surface area contributed by atoms with Crippen molar-refractivity contribution in [1.29, 1.82) is 0 Å².